The topological polar surface area (TPSA) is 106 Å². The standard InChI is InChI=1S/C16H15N3O4/c1-2-8-12-6-9(13(15(21)22)19(12)14(8)20)7-3-4-10-11(5-7)18-16(23)17-10/h3-5,8,12H,2,6H2,1H3,(H,21,22)(H2,17,18,23)/t8-,12?/m1/s1. The number of amides is 1. The normalized spacial score (nSPS) is 23.3. The minimum atomic E-state index is -1.09. The lowest BCUT2D eigenvalue weighted by molar-refractivity contribution is -0.155. The fourth-order valence-corrected chi connectivity index (χ4v) is 3.72. The molecule has 0 bridgehead atoms. The second-order valence-electron chi connectivity index (χ2n) is 5.97. The highest BCUT2D eigenvalue weighted by atomic mass is 16.4. The first-order valence-electron chi connectivity index (χ1n) is 7.53. The van der Waals surface area contributed by atoms with Crippen LogP contribution in [0.4, 0.5) is 0 Å². The van der Waals surface area contributed by atoms with E-state index in [1.807, 2.05) is 6.92 Å². The molecule has 2 atom stereocenters. The fourth-order valence-electron chi connectivity index (χ4n) is 3.72. The summed E-state index contributed by atoms with van der Waals surface area (Å²) in [5, 5.41) is 9.55. The number of nitrogens with zero attached hydrogens (tertiary/aromatic N) is 1. The second kappa shape index (κ2) is 4.58. The summed E-state index contributed by atoms with van der Waals surface area (Å²) in [7, 11) is 0. The maximum Gasteiger partial charge on any atom is 0.352 e. The molecule has 2 aliphatic rings. The zero-order valence-electron chi connectivity index (χ0n) is 12.4. The maximum atomic E-state index is 12.2. The van der Waals surface area contributed by atoms with Crippen LogP contribution in [-0.4, -0.2) is 37.9 Å². The molecule has 2 aromatic rings. The van der Waals surface area contributed by atoms with Gasteiger partial charge in [0, 0.05) is 0 Å². The zero-order valence-corrected chi connectivity index (χ0v) is 12.4. The first-order valence-corrected chi connectivity index (χ1v) is 7.53. The van der Waals surface area contributed by atoms with Crippen LogP contribution in [0.3, 0.4) is 0 Å². The number of imidazole rings is 1. The number of nitrogens with one attached hydrogen (secondary N) is 2. The number of benzene rings is 1. The minimum absolute atomic E-state index is 0.0606. The summed E-state index contributed by atoms with van der Waals surface area (Å²) in [6.07, 6.45) is 1.25. The highest BCUT2D eigenvalue weighted by Gasteiger charge is 2.54. The number of β-lactam (4-membered cyclic amide) rings is 1. The predicted octanol–water partition coefficient (Wildman–Crippen LogP) is 1.29. The van der Waals surface area contributed by atoms with Gasteiger partial charge in [-0.2, -0.15) is 0 Å². The molecule has 3 N–H and O–H groups in total. The molecule has 1 fully saturated rings. The van der Waals surface area contributed by atoms with Gasteiger partial charge in [-0.25, -0.2) is 9.59 Å². The second-order valence-corrected chi connectivity index (χ2v) is 5.97. The Morgan fingerprint density at radius 3 is 2.74 bits per heavy atom. The Morgan fingerprint density at radius 1 is 1.30 bits per heavy atom. The molecule has 3 heterocycles. The molecule has 4 rings (SSSR count). The van der Waals surface area contributed by atoms with E-state index < -0.39 is 5.97 Å². The van der Waals surface area contributed by atoms with Gasteiger partial charge in [0.15, 0.2) is 0 Å². The molecule has 118 valence electrons. The van der Waals surface area contributed by atoms with Crippen molar-refractivity contribution in [2.75, 3.05) is 0 Å². The number of aliphatic carboxylic acids is 1. The van der Waals surface area contributed by atoms with E-state index >= 15 is 0 Å². The van der Waals surface area contributed by atoms with Crippen LogP contribution in [-0.2, 0) is 9.59 Å². The van der Waals surface area contributed by atoms with Crippen LogP contribution in [0.2, 0.25) is 0 Å². The van der Waals surface area contributed by atoms with Gasteiger partial charge in [0.1, 0.15) is 5.70 Å². The number of aromatic nitrogens is 2. The third-order valence-electron chi connectivity index (χ3n) is 4.80. The third kappa shape index (κ3) is 1.79. The molecule has 1 aromatic heterocycles. The van der Waals surface area contributed by atoms with E-state index in [2.05, 4.69) is 9.97 Å². The van der Waals surface area contributed by atoms with Gasteiger partial charge in [-0.1, -0.05) is 13.0 Å². The number of aromatic amines is 2. The minimum Gasteiger partial charge on any atom is -0.477 e. The summed E-state index contributed by atoms with van der Waals surface area (Å²) in [6.45, 7) is 1.94. The summed E-state index contributed by atoms with van der Waals surface area (Å²) in [4.78, 5) is 41.9. The number of carboxylic acids is 1. The number of fused-ring (bicyclic) bond motifs is 2. The molecular formula is C16H15N3O4. The molecule has 2 aliphatic heterocycles. The molecule has 1 aromatic carbocycles. The van der Waals surface area contributed by atoms with Gasteiger partial charge in [0.25, 0.3) is 0 Å². The van der Waals surface area contributed by atoms with Gasteiger partial charge in [0.2, 0.25) is 5.91 Å². The van der Waals surface area contributed by atoms with Crippen LogP contribution in [0.5, 0.6) is 0 Å². The van der Waals surface area contributed by atoms with Gasteiger partial charge in [-0.15, -0.1) is 0 Å². The van der Waals surface area contributed by atoms with Crippen LogP contribution in [0.15, 0.2) is 28.7 Å². The van der Waals surface area contributed by atoms with E-state index in [9.17, 15) is 19.5 Å². The van der Waals surface area contributed by atoms with Crippen molar-refractivity contribution in [2.24, 2.45) is 5.92 Å². The molecule has 0 saturated carbocycles. The van der Waals surface area contributed by atoms with Crippen molar-refractivity contribution in [3.8, 4) is 0 Å². The van der Waals surface area contributed by atoms with E-state index in [-0.39, 0.29) is 29.3 Å². The first kappa shape index (κ1) is 13.8. The molecule has 0 spiro atoms. The molecule has 1 unspecified atom stereocenters. The number of H-pyrrole nitrogens is 2. The van der Waals surface area contributed by atoms with Crippen molar-refractivity contribution < 1.29 is 14.7 Å². The van der Waals surface area contributed by atoms with Crippen molar-refractivity contribution in [2.45, 2.75) is 25.8 Å². The van der Waals surface area contributed by atoms with E-state index in [0.717, 1.165) is 5.56 Å². The van der Waals surface area contributed by atoms with Crippen LogP contribution >= 0.6 is 0 Å². The Hall–Kier alpha value is -2.83. The number of hydrogen-bond donors (Lipinski definition) is 3. The molecule has 7 nitrogen and oxygen atoms in total. The number of rotatable bonds is 3. The van der Waals surface area contributed by atoms with Crippen LogP contribution in [0.1, 0.15) is 25.3 Å². The molecule has 1 saturated heterocycles. The quantitative estimate of drug-likeness (QED) is 0.742. The molecule has 0 radical (unpaired) electrons. The number of hydrogen-bond acceptors (Lipinski definition) is 3. The Morgan fingerprint density at radius 2 is 2.04 bits per heavy atom. The van der Waals surface area contributed by atoms with Crippen LogP contribution < -0.4 is 5.69 Å². The number of carbonyl (C=O) groups is 2. The number of carboxylic acid groups (broad SMARTS) is 1. The lowest BCUT2D eigenvalue weighted by atomic mass is 9.84. The molecule has 0 aliphatic carbocycles. The Balaban J connectivity index is 1.84. The van der Waals surface area contributed by atoms with E-state index in [1.54, 1.807) is 18.2 Å². The van der Waals surface area contributed by atoms with Crippen molar-refractivity contribution in [1.29, 1.82) is 0 Å². The summed E-state index contributed by atoms with van der Waals surface area (Å²) in [6, 6.07) is 5.21. The van der Waals surface area contributed by atoms with Crippen molar-refractivity contribution >= 4 is 28.5 Å². The van der Waals surface area contributed by atoms with Gasteiger partial charge in [-0.3, -0.25) is 4.79 Å². The third-order valence-corrected chi connectivity index (χ3v) is 4.80. The number of carbonyl (C=O) groups excluding carboxylic acids is 1. The Labute approximate surface area is 130 Å². The average Bonchev–Trinajstić information content (AvgIpc) is 3.04. The van der Waals surface area contributed by atoms with Gasteiger partial charge < -0.3 is 20.0 Å². The predicted molar refractivity (Wildman–Crippen MR) is 82.5 cm³/mol. The molecule has 23 heavy (non-hydrogen) atoms. The van der Waals surface area contributed by atoms with Gasteiger partial charge in [-0.05, 0) is 36.1 Å². The summed E-state index contributed by atoms with van der Waals surface area (Å²) in [5.74, 6) is -1.30. The summed E-state index contributed by atoms with van der Waals surface area (Å²) in [5.41, 5.74) is 2.43. The monoisotopic (exact) mass is 313 g/mol. The highest BCUT2D eigenvalue weighted by molar-refractivity contribution is 6.06. The summed E-state index contributed by atoms with van der Waals surface area (Å²) < 4.78 is 0. The average molecular weight is 313 g/mol. The maximum absolute atomic E-state index is 12.2. The highest BCUT2D eigenvalue weighted by Crippen LogP contribution is 2.46. The fraction of sp³-hybridized carbons (Fsp3) is 0.312. The zero-order chi connectivity index (χ0) is 16.3. The Kier molecular flexibility index (Phi) is 2.75. The van der Waals surface area contributed by atoms with E-state index in [0.29, 0.717) is 29.4 Å². The smallest absolute Gasteiger partial charge is 0.352 e. The largest absolute Gasteiger partial charge is 0.477 e. The molecule has 1 amide bonds. The summed E-state index contributed by atoms with van der Waals surface area (Å²) >= 11 is 0. The van der Waals surface area contributed by atoms with Crippen molar-refractivity contribution in [3.05, 3.63) is 39.9 Å². The van der Waals surface area contributed by atoms with Crippen LogP contribution in [0, 0.1) is 5.92 Å². The van der Waals surface area contributed by atoms with E-state index in [1.165, 1.54) is 4.90 Å². The van der Waals surface area contributed by atoms with Gasteiger partial charge >= 0.3 is 11.7 Å². The first-order chi connectivity index (χ1) is 11.0. The van der Waals surface area contributed by atoms with E-state index in [4.69, 9.17) is 0 Å². The van der Waals surface area contributed by atoms with Gasteiger partial charge in [0.05, 0.1) is 23.0 Å². The van der Waals surface area contributed by atoms with Crippen LogP contribution in [0.25, 0.3) is 16.6 Å². The van der Waals surface area contributed by atoms with Crippen molar-refractivity contribution in [3.63, 3.8) is 0 Å². The lowest BCUT2D eigenvalue weighted by Crippen LogP contribution is -2.58. The SMILES string of the molecule is CC[C@H]1C(=O)N2C(C(=O)O)=C(c3ccc4[nH]c(=O)[nH]c4c3)CC12. The van der Waals surface area contributed by atoms with Crippen molar-refractivity contribution in [1.82, 2.24) is 14.9 Å². The Bertz CT molecular complexity index is 936. The molecular weight excluding hydrogens is 298 g/mol. The molecule has 7 heteroatoms. The lowest BCUT2D eigenvalue weighted by Gasteiger charge is -2.42.